The summed E-state index contributed by atoms with van der Waals surface area (Å²) in [5.41, 5.74) is 2.01. The van der Waals surface area contributed by atoms with Crippen LogP contribution in [0.5, 0.6) is 0 Å². The van der Waals surface area contributed by atoms with Crippen LogP contribution in [-0.2, 0) is 0 Å². The summed E-state index contributed by atoms with van der Waals surface area (Å²) in [7, 11) is 0. The lowest BCUT2D eigenvalue weighted by Gasteiger charge is -2.24. The summed E-state index contributed by atoms with van der Waals surface area (Å²) in [4.78, 5) is 0. The molecule has 1 heteroatoms. The minimum Gasteiger partial charge on any atom is -0.385 e. The number of hydrogen-bond acceptors (Lipinski definition) is 1. The monoisotopic (exact) mass is 190 g/mol. The highest BCUT2D eigenvalue weighted by Crippen LogP contribution is 2.38. The second-order valence-electron chi connectivity index (χ2n) is 3.84. The second kappa shape index (κ2) is 5.05. The van der Waals surface area contributed by atoms with Gasteiger partial charge in [0.05, 0.1) is 5.60 Å². The fourth-order valence-corrected chi connectivity index (χ4v) is 2.05. The third-order valence-corrected chi connectivity index (χ3v) is 2.84. The van der Waals surface area contributed by atoms with Gasteiger partial charge in [-0.25, -0.2) is 0 Å². The molecule has 2 atom stereocenters. The minimum absolute atomic E-state index is 0.274. The topological polar surface area (TPSA) is 20.2 Å². The van der Waals surface area contributed by atoms with Crippen molar-refractivity contribution in [3.8, 4) is 11.8 Å². The van der Waals surface area contributed by atoms with Crippen LogP contribution >= 0.6 is 0 Å². The number of rotatable bonds is 2. The molecule has 0 radical (unpaired) electrons. The molecule has 1 aliphatic carbocycles. The van der Waals surface area contributed by atoms with Crippen molar-refractivity contribution in [2.45, 2.75) is 44.6 Å². The van der Waals surface area contributed by atoms with Gasteiger partial charge in [-0.1, -0.05) is 13.5 Å². The summed E-state index contributed by atoms with van der Waals surface area (Å²) in [6, 6.07) is 0. The molecular formula is C13H18O. The van der Waals surface area contributed by atoms with Gasteiger partial charge in [0.25, 0.3) is 0 Å². The maximum atomic E-state index is 10.2. The minimum atomic E-state index is -0.690. The number of hydrogen-bond donors (Lipinski definition) is 1. The Balaban J connectivity index is 2.63. The third kappa shape index (κ3) is 2.51. The molecule has 1 fully saturated rings. The van der Waals surface area contributed by atoms with E-state index in [1.807, 2.05) is 6.92 Å². The van der Waals surface area contributed by atoms with Crippen LogP contribution in [0.3, 0.4) is 0 Å². The summed E-state index contributed by atoms with van der Waals surface area (Å²) in [6.45, 7) is 5.56. The van der Waals surface area contributed by atoms with E-state index in [9.17, 15) is 5.11 Å². The molecular weight excluding hydrogens is 172 g/mol. The van der Waals surface area contributed by atoms with Crippen LogP contribution < -0.4 is 0 Å². The lowest BCUT2D eigenvalue weighted by atomic mass is 9.88. The van der Waals surface area contributed by atoms with Crippen molar-refractivity contribution in [2.24, 2.45) is 5.92 Å². The predicted octanol–water partition coefficient (Wildman–Crippen LogP) is 2.66. The van der Waals surface area contributed by atoms with Crippen LogP contribution in [0.25, 0.3) is 0 Å². The van der Waals surface area contributed by atoms with E-state index in [4.69, 9.17) is 0 Å². The van der Waals surface area contributed by atoms with Crippen molar-refractivity contribution in [1.29, 1.82) is 0 Å². The molecule has 0 saturated heterocycles. The molecule has 0 aromatic carbocycles. The molecule has 1 nitrogen and oxygen atoms in total. The molecule has 0 amide bonds. The van der Waals surface area contributed by atoms with E-state index in [2.05, 4.69) is 24.2 Å². The normalized spacial score (nSPS) is 30.3. The van der Waals surface area contributed by atoms with Gasteiger partial charge < -0.3 is 5.11 Å². The van der Waals surface area contributed by atoms with Gasteiger partial charge in [-0.3, -0.25) is 0 Å². The lowest BCUT2D eigenvalue weighted by Crippen LogP contribution is -2.29. The van der Waals surface area contributed by atoms with Crippen molar-refractivity contribution < 1.29 is 5.11 Å². The average molecular weight is 190 g/mol. The zero-order valence-electron chi connectivity index (χ0n) is 8.84. The molecule has 1 aliphatic rings. The standard InChI is InChI=1S/C13H18O/c1-3-5-6-8-12-9-7-11-13(12,14)10-4-2/h10,12,14H,2-3,7-9,11H2,1H3/t12-,13+/m0/s1. The molecule has 14 heavy (non-hydrogen) atoms. The SMILES string of the molecule is C=C=C[C@@]1(O)CCC[C@@H]1CC#CCC. The van der Waals surface area contributed by atoms with Gasteiger partial charge in [0.15, 0.2) is 0 Å². The predicted molar refractivity (Wildman–Crippen MR) is 58.7 cm³/mol. The van der Waals surface area contributed by atoms with Gasteiger partial charge in [-0.15, -0.1) is 17.6 Å². The average Bonchev–Trinajstić information content (AvgIpc) is 2.49. The first-order valence-corrected chi connectivity index (χ1v) is 5.28. The molecule has 0 aromatic heterocycles. The summed E-state index contributed by atoms with van der Waals surface area (Å²) >= 11 is 0. The van der Waals surface area contributed by atoms with Gasteiger partial charge in [0.2, 0.25) is 0 Å². The van der Waals surface area contributed by atoms with Gasteiger partial charge in [-0.2, -0.15) is 0 Å². The van der Waals surface area contributed by atoms with Crippen molar-refractivity contribution in [3.63, 3.8) is 0 Å². The second-order valence-corrected chi connectivity index (χ2v) is 3.84. The quantitative estimate of drug-likeness (QED) is 0.524. The van der Waals surface area contributed by atoms with E-state index in [0.29, 0.717) is 0 Å². The summed E-state index contributed by atoms with van der Waals surface area (Å²) in [5, 5.41) is 10.2. The van der Waals surface area contributed by atoms with Gasteiger partial charge >= 0.3 is 0 Å². The smallest absolute Gasteiger partial charge is 0.0937 e. The molecule has 0 unspecified atom stereocenters. The molecule has 0 aromatic rings. The molecule has 0 bridgehead atoms. The Bertz CT molecular complexity index is 288. The van der Waals surface area contributed by atoms with Gasteiger partial charge in [0.1, 0.15) is 0 Å². The molecule has 1 rings (SSSR count). The summed E-state index contributed by atoms with van der Waals surface area (Å²) in [5.74, 6) is 6.43. The molecule has 76 valence electrons. The van der Waals surface area contributed by atoms with Crippen LogP contribution in [-0.4, -0.2) is 10.7 Å². The van der Waals surface area contributed by atoms with Gasteiger partial charge in [0, 0.05) is 18.8 Å². The van der Waals surface area contributed by atoms with Crippen LogP contribution in [0.15, 0.2) is 18.4 Å². The Hall–Kier alpha value is -0.960. The van der Waals surface area contributed by atoms with Crippen LogP contribution in [0.1, 0.15) is 39.0 Å². The van der Waals surface area contributed by atoms with E-state index >= 15 is 0 Å². The van der Waals surface area contributed by atoms with Crippen molar-refractivity contribution in [1.82, 2.24) is 0 Å². The van der Waals surface area contributed by atoms with E-state index in [1.165, 1.54) is 0 Å². The molecule has 0 aliphatic heterocycles. The van der Waals surface area contributed by atoms with Crippen LogP contribution in [0.4, 0.5) is 0 Å². The first-order valence-electron chi connectivity index (χ1n) is 5.28. The first-order chi connectivity index (χ1) is 6.73. The molecule has 1 N–H and O–H groups in total. The Morgan fingerprint density at radius 1 is 1.57 bits per heavy atom. The van der Waals surface area contributed by atoms with Crippen molar-refractivity contribution in [3.05, 3.63) is 18.4 Å². The Morgan fingerprint density at radius 2 is 2.36 bits per heavy atom. The van der Waals surface area contributed by atoms with Crippen LogP contribution in [0.2, 0.25) is 0 Å². The third-order valence-electron chi connectivity index (χ3n) is 2.84. The largest absolute Gasteiger partial charge is 0.385 e. The van der Waals surface area contributed by atoms with Gasteiger partial charge in [-0.05, 0) is 25.3 Å². The lowest BCUT2D eigenvalue weighted by molar-refractivity contribution is 0.0532. The highest BCUT2D eigenvalue weighted by atomic mass is 16.3. The van der Waals surface area contributed by atoms with E-state index < -0.39 is 5.60 Å². The number of aliphatic hydroxyl groups is 1. The maximum Gasteiger partial charge on any atom is 0.0937 e. The highest BCUT2D eigenvalue weighted by Gasteiger charge is 2.38. The highest BCUT2D eigenvalue weighted by molar-refractivity contribution is 5.10. The summed E-state index contributed by atoms with van der Waals surface area (Å²) in [6.07, 6.45) is 6.36. The molecule has 0 heterocycles. The van der Waals surface area contributed by atoms with Crippen molar-refractivity contribution >= 4 is 0 Å². The molecule has 1 saturated carbocycles. The fourth-order valence-electron chi connectivity index (χ4n) is 2.05. The zero-order valence-corrected chi connectivity index (χ0v) is 8.84. The zero-order chi connectivity index (χ0) is 10.4. The Kier molecular flexibility index (Phi) is 4.01. The van der Waals surface area contributed by atoms with E-state index in [-0.39, 0.29) is 5.92 Å². The van der Waals surface area contributed by atoms with Crippen LogP contribution in [0, 0.1) is 17.8 Å². The maximum absolute atomic E-state index is 10.2. The van der Waals surface area contributed by atoms with E-state index in [1.54, 1.807) is 6.08 Å². The van der Waals surface area contributed by atoms with E-state index in [0.717, 1.165) is 32.1 Å². The first kappa shape index (κ1) is 11.1. The Labute approximate surface area is 86.5 Å². The molecule has 0 spiro atoms. The summed E-state index contributed by atoms with van der Waals surface area (Å²) < 4.78 is 0. The fraction of sp³-hybridized carbons (Fsp3) is 0.615. The Morgan fingerprint density at radius 3 is 3.00 bits per heavy atom. The van der Waals surface area contributed by atoms with Crippen molar-refractivity contribution in [2.75, 3.05) is 0 Å².